The number of rotatable bonds is 1. The van der Waals surface area contributed by atoms with E-state index < -0.39 is 22.4 Å². The zero-order chi connectivity index (χ0) is 10.2. The lowest BCUT2D eigenvalue weighted by Crippen LogP contribution is -2.41. The average Bonchev–Trinajstić information content (AvgIpc) is 2.29. The van der Waals surface area contributed by atoms with E-state index >= 15 is 0 Å². The molecule has 3 atom stereocenters. The normalized spacial score (nSPS) is 33.7. The second-order valence-electron chi connectivity index (χ2n) is 3.01. The highest BCUT2D eigenvalue weighted by atomic mass is 127. The van der Waals surface area contributed by atoms with Crippen LogP contribution in [0, 0.1) is 0 Å². The third kappa shape index (κ3) is 2.66. The molecule has 1 saturated heterocycles. The molecule has 1 rings (SSSR count). The summed E-state index contributed by atoms with van der Waals surface area (Å²) in [5.41, 5.74) is 5.26. The van der Waals surface area contributed by atoms with E-state index in [9.17, 15) is 17.6 Å². The van der Waals surface area contributed by atoms with Crippen LogP contribution in [0.15, 0.2) is 0 Å². The lowest BCUT2D eigenvalue weighted by molar-refractivity contribution is -0.150. The molecule has 0 saturated carbocycles. The summed E-state index contributed by atoms with van der Waals surface area (Å²) in [6.45, 7) is -0.261. The lowest BCUT2D eigenvalue weighted by atomic mass is 10.3. The van der Waals surface area contributed by atoms with Crippen LogP contribution in [0.4, 0.5) is 17.6 Å². The van der Waals surface area contributed by atoms with E-state index in [0.717, 1.165) is 4.90 Å². The summed E-state index contributed by atoms with van der Waals surface area (Å²) in [6, 6.07) is -0.792. The molecule has 0 radical (unpaired) electrons. The van der Waals surface area contributed by atoms with Gasteiger partial charge in [0.2, 0.25) is 0 Å². The number of halogens is 5. The van der Waals surface area contributed by atoms with E-state index in [1.54, 1.807) is 0 Å². The van der Waals surface area contributed by atoms with E-state index in [4.69, 9.17) is 5.73 Å². The predicted molar refractivity (Wildman–Crippen MR) is 48.3 cm³/mol. The molecule has 0 amide bonds. The van der Waals surface area contributed by atoms with Crippen molar-refractivity contribution in [1.82, 2.24) is 4.90 Å². The predicted octanol–water partition coefficient (Wildman–Crippen LogP) is 1.29. The van der Waals surface area contributed by atoms with Crippen LogP contribution in [-0.4, -0.2) is 40.4 Å². The summed E-state index contributed by atoms with van der Waals surface area (Å²) in [7, 11) is 0. The molecular formula is C6H9F4IN2. The molecule has 0 spiro atoms. The fourth-order valence-electron chi connectivity index (χ4n) is 1.21. The van der Waals surface area contributed by atoms with Crippen molar-refractivity contribution in [2.24, 2.45) is 5.73 Å². The van der Waals surface area contributed by atoms with Crippen LogP contribution in [0.1, 0.15) is 0 Å². The minimum atomic E-state index is -4.32. The maximum atomic E-state index is 12.8. The van der Waals surface area contributed by atoms with Gasteiger partial charge in [-0.25, -0.2) is 4.39 Å². The van der Waals surface area contributed by atoms with E-state index in [-0.39, 0.29) is 13.1 Å². The molecule has 0 aromatic carbocycles. The Bertz CT molecular complexity index is 176. The number of hydrogen-bond acceptors (Lipinski definition) is 2. The Morgan fingerprint density at radius 3 is 2.23 bits per heavy atom. The molecule has 7 heteroatoms. The molecule has 2 N–H and O–H groups in total. The highest BCUT2D eigenvalue weighted by Crippen LogP contribution is 2.32. The smallest absolute Gasteiger partial charge is 0.324 e. The van der Waals surface area contributed by atoms with E-state index in [2.05, 4.69) is 0 Å². The van der Waals surface area contributed by atoms with Crippen LogP contribution in [-0.2, 0) is 0 Å². The van der Waals surface area contributed by atoms with Gasteiger partial charge in [-0.05, 0) is 0 Å². The SMILES string of the molecule is NC1CN(C(I)C(F)(F)F)CC1F. The molecule has 78 valence electrons. The van der Waals surface area contributed by atoms with Crippen LogP contribution < -0.4 is 5.73 Å². The van der Waals surface area contributed by atoms with E-state index in [0.29, 0.717) is 0 Å². The maximum Gasteiger partial charge on any atom is 0.413 e. The van der Waals surface area contributed by atoms with E-state index in [1.165, 1.54) is 22.6 Å². The van der Waals surface area contributed by atoms with Crippen molar-refractivity contribution in [2.45, 2.75) is 22.4 Å². The highest BCUT2D eigenvalue weighted by molar-refractivity contribution is 14.1. The quantitative estimate of drug-likeness (QED) is 0.342. The van der Waals surface area contributed by atoms with Gasteiger partial charge in [0.05, 0.1) is 0 Å². The van der Waals surface area contributed by atoms with Crippen molar-refractivity contribution in [3.05, 3.63) is 0 Å². The summed E-state index contributed by atoms with van der Waals surface area (Å²) in [6.07, 6.45) is -5.66. The Hall–Kier alpha value is 0.370. The summed E-state index contributed by atoms with van der Waals surface area (Å²) < 4.78 is 47.6. The van der Waals surface area contributed by atoms with Gasteiger partial charge in [-0.15, -0.1) is 0 Å². The Morgan fingerprint density at radius 2 is 1.92 bits per heavy atom. The Kier molecular flexibility index (Phi) is 3.39. The monoisotopic (exact) mass is 312 g/mol. The van der Waals surface area contributed by atoms with Crippen molar-refractivity contribution in [3.8, 4) is 0 Å². The van der Waals surface area contributed by atoms with Crippen LogP contribution >= 0.6 is 22.6 Å². The van der Waals surface area contributed by atoms with Gasteiger partial charge >= 0.3 is 6.18 Å². The molecular weight excluding hydrogens is 303 g/mol. The topological polar surface area (TPSA) is 29.3 Å². The number of nitrogens with two attached hydrogens (primary N) is 1. The third-order valence-electron chi connectivity index (χ3n) is 1.91. The van der Waals surface area contributed by atoms with Crippen LogP contribution in [0.25, 0.3) is 0 Å². The van der Waals surface area contributed by atoms with Crippen LogP contribution in [0.2, 0.25) is 0 Å². The summed E-state index contributed by atoms with van der Waals surface area (Å²) in [4.78, 5) is 1.01. The van der Waals surface area contributed by atoms with Crippen molar-refractivity contribution in [3.63, 3.8) is 0 Å². The second-order valence-corrected chi connectivity index (χ2v) is 4.19. The zero-order valence-electron chi connectivity index (χ0n) is 6.56. The Balaban J connectivity index is 2.56. The first-order valence-corrected chi connectivity index (χ1v) is 4.91. The number of nitrogens with zero attached hydrogens (tertiary/aromatic N) is 1. The molecule has 0 bridgehead atoms. The molecule has 0 aromatic rings. The fraction of sp³-hybridized carbons (Fsp3) is 1.00. The van der Waals surface area contributed by atoms with Gasteiger partial charge in [-0.2, -0.15) is 13.2 Å². The van der Waals surface area contributed by atoms with Gasteiger partial charge in [0.1, 0.15) is 6.17 Å². The lowest BCUT2D eigenvalue weighted by Gasteiger charge is -2.24. The molecule has 0 aliphatic carbocycles. The summed E-state index contributed by atoms with van der Waals surface area (Å²) >= 11 is 1.25. The molecule has 13 heavy (non-hydrogen) atoms. The minimum Gasteiger partial charge on any atom is -0.324 e. The number of alkyl halides is 5. The van der Waals surface area contributed by atoms with Crippen molar-refractivity contribution in [2.75, 3.05) is 13.1 Å². The van der Waals surface area contributed by atoms with Gasteiger partial charge < -0.3 is 5.73 Å². The first-order chi connectivity index (χ1) is 5.82. The molecule has 1 aliphatic heterocycles. The summed E-state index contributed by atoms with van der Waals surface area (Å²) in [5, 5.41) is 0. The average molecular weight is 312 g/mol. The Labute approximate surface area is 86.6 Å². The number of hydrogen-bond donors (Lipinski definition) is 1. The first kappa shape index (κ1) is 11.4. The van der Waals surface area contributed by atoms with Crippen molar-refractivity contribution < 1.29 is 17.6 Å². The molecule has 1 fully saturated rings. The fourth-order valence-corrected chi connectivity index (χ4v) is 1.67. The molecule has 3 unspecified atom stereocenters. The van der Waals surface area contributed by atoms with Gasteiger partial charge in [-0.1, -0.05) is 22.6 Å². The molecule has 1 heterocycles. The van der Waals surface area contributed by atoms with E-state index in [1.807, 2.05) is 0 Å². The largest absolute Gasteiger partial charge is 0.413 e. The third-order valence-corrected chi connectivity index (χ3v) is 3.40. The molecule has 1 aliphatic rings. The molecule has 0 aromatic heterocycles. The standard InChI is InChI=1S/C6H9F4IN2/c7-3-1-13(2-4(3)12)5(11)6(8,9)10/h3-5H,1-2,12H2. The molecule has 2 nitrogen and oxygen atoms in total. The van der Waals surface area contributed by atoms with Crippen LogP contribution in [0.5, 0.6) is 0 Å². The Morgan fingerprint density at radius 1 is 1.38 bits per heavy atom. The van der Waals surface area contributed by atoms with Crippen molar-refractivity contribution >= 4 is 22.6 Å². The van der Waals surface area contributed by atoms with Gasteiger partial charge in [-0.3, -0.25) is 4.90 Å². The second kappa shape index (κ2) is 3.85. The van der Waals surface area contributed by atoms with Gasteiger partial charge in [0.25, 0.3) is 0 Å². The maximum absolute atomic E-state index is 12.8. The first-order valence-electron chi connectivity index (χ1n) is 3.67. The minimum absolute atomic E-state index is 0.0334. The summed E-state index contributed by atoms with van der Waals surface area (Å²) in [5.74, 6) is 0. The van der Waals surface area contributed by atoms with Gasteiger partial charge in [0, 0.05) is 19.1 Å². The highest BCUT2D eigenvalue weighted by Gasteiger charge is 2.45. The number of likely N-dealkylation sites (tertiary alicyclic amines) is 1. The van der Waals surface area contributed by atoms with Gasteiger partial charge in [0.15, 0.2) is 4.05 Å². The van der Waals surface area contributed by atoms with Crippen molar-refractivity contribution in [1.29, 1.82) is 0 Å². The zero-order valence-corrected chi connectivity index (χ0v) is 8.72. The van der Waals surface area contributed by atoms with Crippen LogP contribution in [0.3, 0.4) is 0 Å².